The fourth-order valence-corrected chi connectivity index (χ4v) is 4.06. The van der Waals surface area contributed by atoms with Crippen molar-refractivity contribution in [1.82, 2.24) is 20.5 Å². The van der Waals surface area contributed by atoms with Crippen molar-refractivity contribution in [3.8, 4) is 5.75 Å². The van der Waals surface area contributed by atoms with E-state index in [0.717, 1.165) is 5.56 Å². The van der Waals surface area contributed by atoms with Gasteiger partial charge in [-0.3, -0.25) is 19.9 Å². The van der Waals surface area contributed by atoms with Gasteiger partial charge in [0.05, 0.1) is 25.8 Å². The van der Waals surface area contributed by atoms with E-state index in [1.165, 1.54) is 18.1 Å². The third-order valence-corrected chi connectivity index (χ3v) is 5.64. The number of amides is 4. The molecule has 4 amide bonds. The molecule has 0 saturated heterocycles. The lowest BCUT2D eigenvalue weighted by molar-refractivity contribution is -0.108. The van der Waals surface area contributed by atoms with E-state index in [0.29, 0.717) is 29.0 Å². The minimum absolute atomic E-state index is 0.0320. The van der Waals surface area contributed by atoms with Crippen LogP contribution in [0.3, 0.4) is 0 Å². The third-order valence-electron chi connectivity index (χ3n) is 5.64. The summed E-state index contributed by atoms with van der Waals surface area (Å²) in [6, 6.07) is 5.71. The van der Waals surface area contributed by atoms with Crippen molar-refractivity contribution < 1.29 is 32.7 Å². The molecule has 0 saturated carbocycles. The smallest absolute Gasteiger partial charge is 0.322 e. The molecule has 0 radical (unpaired) electrons. The Balaban J connectivity index is 1.69. The Morgan fingerprint density at radius 3 is 2.85 bits per heavy atom. The van der Waals surface area contributed by atoms with Crippen LogP contribution >= 0.6 is 0 Å². The average Bonchev–Trinajstić information content (AvgIpc) is 3.36. The fraction of sp³-hybridized carbons (Fsp3) is 0.304. The number of hydrogen-bond donors (Lipinski definition) is 2. The molecule has 1 aliphatic rings. The van der Waals surface area contributed by atoms with E-state index in [4.69, 9.17) is 13.9 Å². The number of ether oxygens (including phenoxy) is 2. The largest absolute Gasteiger partial charge is 0.494 e. The molecule has 1 aliphatic heterocycles. The first-order valence-corrected chi connectivity index (χ1v) is 10.3. The highest BCUT2D eigenvalue weighted by Crippen LogP contribution is 2.34. The number of aromatic nitrogens is 1. The summed E-state index contributed by atoms with van der Waals surface area (Å²) in [6.45, 7) is 2.03. The van der Waals surface area contributed by atoms with Gasteiger partial charge in [-0.1, -0.05) is 6.07 Å². The van der Waals surface area contributed by atoms with Gasteiger partial charge < -0.3 is 24.1 Å². The van der Waals surface area contributed by atoms with Crippen molar-refractivity contribution in [3.63, 3.8) is 0 Å². The monoisotopic (exact) mass is 470 g/mol. The van der Waals surface area contributed by atoms with Crippen LogP contribution < -0.4 is 15.4 Å². The number of imide groups is 1. The molecule has 2 aromatic heterocycles. The van der Waals surface area contributed by atoms with E-state index in [1.54, 1.807) is 38.4 Å². The molecule has 2 N–H and O–H groups in total. The zero-order chi connectivity index (χ0) is 24.5. The quantitative estimate of drug-likeness (QED) is 0.485. The molecule has 11 heteroatoms. The van der Waals surface area contributed by atoms with Crippen LogP contribution in [-0.2, 0) is 28.2 Å². The van der Waals surface area contributed by atoms with E-state index in [9.17, 15) is 18.8 Å². The number of rotatable bonds is 8. The van der Waals surface area contributed by atoms with Gasteiger partial charge in [-0.2, -0.15) is 0 Å². The zero-order valence-electron chi connectivity index (χ0n) is 18.8. The van der Waals surface area contributed by atoms with Gasteiger partial charge in [0.1, 0.15) is 16.8 Å². The predicted molar refractivity (Wildman–Crippen MR) is 117 cm³/mol. The van der Waals surface area contributed by atoms with Crippen LogP contribution in [0, 0.1) is 5.82 Å². The minimum Gasteiger partial charge on any atom is -0.494 e. The predicted octanol–water partition coefficient (Wildman–Crippen LogP) is 2.45. The van der Waals surface area contributed by atoms with Crippen LogP contribution in [-0.4, -0.2) is 49.0 Å². The molecule has 1 atom stereocenters. The number of furan rings is 1. The van der Waals surface area contributed by atoms with Crippen molar-refractivity contribution in [3.05, 3.63) is 58.7 Å². The normalized spacial score (nSPS) is 14.6. The Morgan fingerprint density at radius 2 is 2.15 bits per heavy atom. The molecule has 0 bridgehead atoms. The van der Waals surface area contributed by atoms with Crippen molar-refractivity contribution in [2.75, 3.05) is 20.8 Å². The number of pyridine rings is 1. The SMILES string of the molecule is COCc1cnc2cc(C(C)(CN3Cc4ccc(OC)c(F)c4C3=O)NC(=O)NC=O)oc2c1. The van der Waals surface area contributed by atoms with E-state index in [-0.39, 0.29) is 30.8 Å². The maximum atomic E-state index is 14.8. The maximum Gasteiger partial charge on any atom is 0.322 e. The molecule has 4 rings (SSSR count). The lowest BCUT2D eigenvalue weighted by Gasteiger charge is -2.32. The van der Waals surface area contributed by atoms with Gasteiger partial charge in [0.2, 0.25) is 6.41 Å². The van der Waals surface area contributed by atoms with E-state index < -0.39 is 23.3 Å². The van der Waals surface area contributed by atoms with Gasteiger partial charge in [0.25, 0.3) is 5.91 Å². The number of fused-ring (bicyclic) bond motifs is 2. The first-order chi connectivity index (χ1) is 16.3. The Kier molecular flexibility index (Phi) is 6.20. The first-order valence-electron chi connectivity index (χ1n) is 10.3. The Bertz CT molecular complexity index is 1280. The summed E-state index contributed by atoms with van der Waals surface area (Å²) >= 11 is 0. The number of methoxy groups -OCH3 is 2. The zero-order valence-corrected chi connectivity index (χ0v) is 18.8. The molecule has 0 spiro atoms. The molecule has 0 fully saturated rings. The topological polar surface area (TPSA) is 123 Å². The number of nitrogens with zero attached hydrogens (tertiary/aromatic N) is 2. The van der Waals surface area contributed by atoms with Gasteiger partial charge in [0, 0.05) is 25.9 Å². The van der Waals surface area contributed by atoms with Crippen molar-refractivity contribution in [2.45, 2.75) is 25.6 Å². The standard InChI is InChI=1S/C23H23FN4O6/c1-23(27-22(31)26-12-29,18-7-15-17(34-18)6-13(8-25-15)10-32-2)11-28-9-14-4-5-16(33-3)20(24)19(14)21(28)30/h4-8,12H,9-11H2,1-3H3,(H2,26,27,29,31). The molecule has 34 heavy (non-hydrogen) atoms. The van der Waals surface area contributed by atoms with Crippen LogP contribution in [0.5, 0.6) is 5.75 Å². The Labute approximate surface area is 194 Å². The van der Waals surface area contributed by atoms with E-state index in [2.05, 4.69) is 10.3 Å². The highest BCUT2D eigenvalue weighted by Gasteiger charge is 2.40. The average molecular weight is 470 g/mol. The van der Waals surface area contributed by atoms with Crippen LogP contribution in [0.4, 0.5) is 9.18 Å². The van der Waals surface area contributed by atoms with Crippen molar-refractivity contribution in [1.29, 1.82) is 0 Å². The van der Waals surface area contributed by atoms with Gasteiger partial charge in [0.15, 0.2) is 17.1 Å². The molecule has 178 valence electrons. The number of urea groups is 1. The van der Waals surface area contributed by atoms with Gasteiger partial charge in [-0.25, -0.2) is 9.18 Å². The summed E-state index contributed by atoms with van der Waals surface area (Å²) in [6.07, 6.45) is 1.89. The minimum atomic E-state index is -1.28. The van der Waals surface area contributed by atoms with Crippen LogP contribution in [0.25, 0.3) is 11.1 Å². The molecular weight excluding hydrogens is 447 g/mol. The van der Waals surface area contributed by atoms with Crippen LogP contribution in [0.15, 0.2) is 34.9 Å². The molecular formula is C23H23FN4O6. The number of halogens is 1. The van der Waals surface area contributed by atoms with Gasteiger partial charge in [-0.05, 0) is 30.2 Å². The van der Waals surface area contributed by atoms with Gasteiger partial charge in [-0.15, -0.1) is 0 Å². The molecule has 3 heterocycles. The number of carbonyl (C=O) groups excluding carboxylic acids is 3. The molecule has 10 nitrogen and oxygen atoms in total. The Hall–Kier alpha value is -3.99. The summed E-state index contributed by atoms with van der Waals surface area (Å²) in [5.41, 5.74) is 0.922. The molecule has 1 aromatic carbocycles. The fourth-order valence-electron chi connectivity index (χ4n) is 4.06. The lowest BCUT2D eigenvalue weighted by Crippen LogP contribution is -2.53. The summed E-state index contributed by atoms with van der Waals surface area (Å²) in [7, 11) is 2.89. The Morgan fingerprint density at radius 1 is 1.35 bits per heavy atom. The summed E-state index contributed by atoms with van der Waals surface area (Å²) in [4.78, 5) is 41.9. The summed E-state index contributed by atoms with van der Waals surface area (Å²) in [5.74, 6) is -1.02. The van der Waals surface area contributed by atoms with Crippen LogP contribution in [0.2, 0.25) is 0 Å². The van der Waals surface area contributed by atoms with Gasteiger partial charge >= 0.3 is 6.03 Å². The molecule has 3 aromatic rings. The highest BCUT2D eigenvalue weighted by molar-refractivity contribution is 5.99. The number of carbonyl (C=O) groups is 3. The molecule has 0 aliphatic carbocycles. The maximum absolute atomic E-state index is 14.8. The second-order valence-corrected chi connectivity index (χ2v) is 8.10. The highest BCUT2D eigenvalue weighted by atomic mass is 19.1. The number of hydrogen-bond acceptors (Lipinski definition) is 7. The van der Waals surface area contributed by atoms with Crippen molar-refractivity contribution in [2.24, 2.45) is 0 Å². The second kappa shape index (κ2) is 9.10. The van der Waals surface area contributed by atoms with E-state index >= 15 is 0 Å². The number of benzene rings is 1. The van der Waals surface area contributed by atoms with E-state index in [1.807, 2.05) is 5.32 Å². The third kappa shape index (κ3) is 4.17. The first kappa shape index (κ1) is 23.2. The summed E-state index contributed by atoms with van der Waals surface area (Å²) in [5, 5.41) is 4.71. The van der Waals surface area contributed by atoms with Crippen molar-refractivity contribution >= 4 is 29.4 Å². The lowest BCUT2D eigenvalue weighted by atomic mass is 9.98. The number of nitrogens with one attached hydrogen (secondary N) is 2. The summed E-state index contributed by atoms with van der Waals surface area (Å²) < 4.78 is 30.9. The molecule has 1 unspecified atom stereocenters. The second-order valence-electron chi connectivity index (χ2n) is 8.10. The van der Waals surface area contributed by atoms with Crippen LogP contribution in [0.1, 0.15) is 34.2 Å².